The Labute approximate surface area is 127 Å². The average Bonchev–Trinajstić information content (AvgIpc) is 2.72. The van der Waals surface area contributed by atoms with Crippen molar-refractivity contribution in [2.24, 2.45) is 5.92 Å². The standard InChI is InChI=1S/C18H26N2O/c1-14-8-4-2-7-11-17(14)20-13-19-16(18(20)21)12-15-9-5-3-6-10-15/h3,5-6,9-10,14,16-17,19H,2,4,7-8,11-13H2,1H3. The first-order valence-corrected chi connectivity index (χ1v) is 8.33. The fourth-order valence-electron chi connectivity index (χ4n) is 3.80. The molecule has 3 heteroatoms. The first kappa shape index (κ1) is 14.6. The summed E-state index contributed by atoms with van der Waals surface area (Å²) in [6, 6.07) is 10.7. The lowest BCUT2D eigenvalue weighted by Gasteiger charge is -2.31. The molecule has 2 aliphatic rings. The molecule has 2 fully saturated rings. The van der Waals surface area contributed by atoms with Gasteiger partial charge in [-0.05, 0) is 30.7 Å². The quantitative estimate of drug-likeness (QED) is 0.867. The van der Waals surface area contributed by atoms with E-state index in [0.717, 1.165) is 13.1 Å². The summed E-state index contributed by atoms with van der Waals surface area (Å²) < 4.78 is 0. The Kier molecular flexibility index (Phi) is 4.59. The maximum absolute atomic E-state index is 12.7. The van der Waals surface area contributed by atoms with Crippen molar-refractivity contribution >= 4 is 5.91 Å². The second-order valence-electron chi connectivity index (χ2n) is 6.60. The highest BCUT2D eigenvalue weighted by atomic mass is 16.2. The third kappa shape index (κ3) is 3.29. The Bertz CT molecular complexity index is 473. The maximum Gasteiger partial charge on any atom is 0.241 e. The predicted molar refractivity (Wildman–Crippen MR) is 84.8 cm³/mol. The number of nitrogens with zero attached hydrogens (tertiary/aromatic N) is 1. The Hall–Kier alpha value is -1.35. The molecule has 1 amide bonds. The molecule has 0 radical (unpaired) electrons. The van der Waals surface area contributed by atoms with Crippen molar-refractivity contribution in [1.29, 1.82) is 0 Å². The molecule has 0 spiro atoms. The van der Waals surface area contributed by atoms with Gasteiger partial charge in [0.1, 0.15) is 0 Å². The minimum absolute atomic E-state index is 0.0390. The van der Waals surface area contributed by atoms with Crippen LogP contribution < -0.4 is 5.32 Å². The lowest BCUT2D eigenvalue weighted by atomic mass is 9.95. The summed E-state index contributed by atoms with van der Waals surface area (Å²) in [6.07, 6.45) is 7.15. The van der Waals surface area contributed by atoms with E-state index in [1.54, 1.807) is 0 Å². The average molecular weight is 286 g/mol. The van der Waals surface area contributed by atoms with Crippen molar-refractivity contribution in [1.82, 2.24) is 10.2 Å². The van der Waals surface area contributed by atoms with Crippen LogP contribution in [0.5, 0.6) is 0 Å². The minimum Gasteiger partial charge on any atom is -0.325 e. The molecule has 3 unspecified atom stereocenters. The van der Waals surface area contributed by atoms with Crippen LogP contribution in [0, 0.1) is 5.92 Å². The van der Waals surface area contributed by atoms with Gasteiger partial charge in [0.2, 0.25) is 5.91 Å². The van der Waals surface area contributed by atoms with E-state index >= 15 is 0 Å². The molecule has 3 nitrogen and oxygen atoms in total. The topological polar surface area (TPSA) is 32.3 Å². The summed E-state index contributed by atoms with van der Waals surface area (Å²) in [6.45, 7) is 3.04. The number of carbonyl (C=O) groups is 1. The molecular weight excluding hydrogens is 260 g/mol. The summed E-state index contributed by atoms with van der Waals surface area (Å²) in [7, 11) is 0. The summed E-state index contributed by atoms with van der Waals surface area (Å²) in [5.41, 5.74) is 1.24. The van der Waals surface area contributed by atoms with E-state index in [2.05, 4.69) is 29.3 Å². The van der Waals surface area contributed by atoms with Gasteiger partial charge in [-0.3, -0.25) is 10.1 Å². The van der Waals surface area contributed by atoms with Crippen LogP contribution in [-0.2, 0) is 11.2 Å². The number of benzene rings is 1. The third-order valence-electron chi connectivity index (χ3n) is 5.09. The molecule has 1 aliphatic carbocycles. The van der Waals surface area contributed by atoms with E-state index in [4.69, 9.17) is 0 Å². The van der Waals surface area contributed by atoms with E-state index in [9.17, 15) is 4.79 Å². The monoisotopic (exact) mass is 286 g/mol. The number of rotatable bonds is 3. The zero-order valence-electron chi connectivity index (χ0n) is 12.9. The number of carbonyl (C=O) groups excluding carboxylic acids is 1. The van der Waals surface area contributed by atoms with Crippen molar-refractivity contribution in [3.63, 3.8) is 0 Å². The third-order valence-corrected chi connectivity index (χ3v) is 5.09. The van der Waals surface area contributed by atoms with E-state index in [1.807, 2.05) is 18.2 Å². The zero-order chi connectivity index (χ0) is 14.7. The van der Waals surface area contributed by atoms with Gasteiger partial charge in [0, 0.05) is 6.04 Å². The molecule has 21 heavy (non-hydrogen) atoms. The molecule has 1 aromatic carbocycles. The zero-order valence-corrected chi connectivity index (χ0v) is 12.9. The number of hydrogen-bond acceptors (Lipinski definition) is 2. The molecule has 1 heterocycles. The largest absolute Gasteiger partial charge is 0.325 e. The van der Waals surface area contributed by atoms with Gasteiger partial charge in [-0.25, -0.2) is 0 Å². The van der Waals surface area contributed by atoms with Crippen LogP contribution in [0.15, 0.2) is 30.3 Å². The molecule has 3 atom stereocenters. The smallest absolute Gasteiger partial charge is 0.241 e. The van der Waals surface area contributed by atoms with Crippen molar-refractivity contribution in [3.8, 4) is 0 Å². The molecular formula is C18H26N2O. The van der Waals surface area contributed by atoms with Crippen LogP contribution in [0.2, 0.25) is 0 Å². The molecule has 0 bridgehead atoms. The van der Waals surface area contributed by atoms with Crippen LogP contribution in [0.4, 0.5) is 0 Å². The molecule has 1 saturated carbocycles. The molecule has 1 aliphatic heterocycles. The summed E-state index contributed by atoms with van der Waals surface area (Å²) in [5, 5.41) is 3.42. The molecule has 0 aromatic heterocycles. The van der Waals surface area contributed by atoms with Crippen molar-refractivity contribution in [3.05, 3.63) is 35.9 Å². The van der Waals surface area contributed by atoms with Gasteiger partial charge < -0.3 is 4.90 Å². The van der Waals surface area contributed by atoms with E-state index in [0.29, 0.717) is 17.9 Å². The SMILES string of the molecule is CC1CCCCCC1N1CNC(Cc2ccccc2)C1=O. The van der Waals surface area contributed by atoms with Gasteiger partial charge >= 0.3 is 0 Å². The van der Waals surface area contributed by atoms with Gasteiger partial charge in [-0.15, -0.1) is 0 Å². The molecule has 1 N–H and O–H groups in total. The van der Waals surface area contributed by atoms with Crippen LogP contribution in [0.1, 0.15) is 44.6 Å². The predicted octanol–water partition coefficient (Wildman–Crippen LogP) is 2.96. The van der Waals surface area contributed by atoms with E-state index < -0.39 is 0 Å². The molecule has 114 valence electrons. The van der Waals surface area contributed by atoms with Gasteiger partial charge in [0.15, 0.2) is 0 Å². The molecule has 1 saturated heterocycles. The van der Waals surface area contributed by atoms with E-state index in [1.165, 1.54) is 37.7 Å². The van der Waals surface area contributed by atoms with E-state index in [-0.39, 0.29) is 6.04 Å². The highest BCUT2D eigenvalue weighted by molar-refractivity contribution is 5.84. The van der Waals surface area contributed by atoms with Crippen molar-refractivity contribution < 1.29 is 4.79 Å². The van der Waals surface area contributed by atoms with Crippen LogP contribution in [-0.4, -0.2) is 29.6 Å². The van der Waals surface area contributed by atoms with Gasteiger partial charge in [0.05, 0.1) is 12.7 Å². The fraction of sp³-hybridized carbons (Fsp3) is 0.611. The van der Waals surface area contributed by atoms with Crippen LogP contribution in [0.3, 0.4) is 0 Å². The Morgan fingerprint density at radius 3 is 2.71 bits per heavy atom. The maximum atomic E-state index is 12.7. The highest BCUT2D eigenvalue weighted by Gasteiger charge is 2.37. The minimum atomic E-state index is -0.0390. The van der Waals surface area contributed by atoms with Gasteiger partial charge in [-0.2, -0.15) is 0 Å². The van der Waals surface area contributed by atoms with Crippen molar-refractivity contribution in [2.75, 3.05) is 6.67 Å². The Morgan fingerprint density at radius 1 is 1.14 bits per heavy atom. The highest BCUT2D eigenvalue weighted by Crippen LogP contribution is 2.28. The molecule has 3 rings (SSSR count). The molecule has 1 aromatic rings. The normalized spacial score (nSPS) is 30.4. The van der Waals surface area contributed by atoms with Gasteiger partial charge in [-0.1, -0.05) is 56.5 Å². The fourth-order valence-corrected chi connectivity index (χ4v) is 3.80. The summed E-state index contributed by atoms with van der Waals surface area (Å²) in [4.78, 5) is 14.8. The number of hydrogen-bond donors (Lipinski definition) is 1. The first-order chi connectivity index (χ1) is 10.3. The number of nitrogens with one attached hydrogen (secondary N) is 1. The lowest BCUT2D eigenvalue weighted by molar-refractivity contribution is -0.131. The lowest BCUT2D eigenvalue weighted by Crippen LogP contribution is -2.42. The van der Waals surface area contributed by atoms with Crippen LogP contribution in [0.25, 0.3) is 0 Å². The number of amides is 1. The first-order valence-electron chi connectivity index (χ1n) is 8.33. The van der Waals surface area contributed by atoms with Gasteiger partial charge in [0.25, 0.3) is 0 Å². The summed E-state index contributed by atoms with van der Waals surface area (Å²) in [5.74, 6) is 0.936. The second kappa shape index (κ2) is 6.61. The van der Waals surface area contributed by atoms with Crippen molar-refractivity contribution in [2.45, 2.75) is 57.5 Å². The van der Waals surface area contributed by atoms with Crippen LogP contribution >= 0.6 is 0 Å². The Balaban J connectivity index is 1.65. The second-order valence-corrected chi connectivity index (χ2v) is 6.60. The Morgan fingerprint density at radius 2 is 1.90 bits per heavy atom. The summed E-state index contributed by atoms with van der Waals surface area (Å²) >= 11 is 0.